The van der Waals surface area contributed by atoms with E-state index in [2.05, 4.69) is 93.4 Å². The van der Waals surface area contributed by atoms with Crippen LogP contribution in [0.5, 0.6) is 0 Å². The van der Waals surface area contributed by atoms with Crippen molar-refractivity contribution in [2.75, 3.05) is 28.2 Å². The number of hydrogen-bond donors (Lipinski definition) is 0. The van der Waals surface area contributed by atoms with Crippen LogP contribution < -0.4 is 0 Å². The van der Waals surface area contributed by atoms with Crippen LogP contribution >= 0.6 is 39.0 Å². The van der Waals surface area contributed by atoms with Crippen molar-refractivity contribution >= 4 is 39.0 Å². The van der Waals surface area contributed by atoms with Gasteiger partial charge in [-0.3, -0.25) is 0 Å². The van der Waals surface area contributed by atoms with E-state index in [0.29, 0.717) is 0 Å². The standard InChI is InChI=1S/2C9H12N.2HI.2Pd/c2*1-10(2)8-9-6-4-3-5-7-9;;;;/h2*3-6H,8H2,1-2H3;2*1H;;/q2*-1;;;2*+2/p-2. The van der Waals surface area contributed by atoms with Crippen LogP contribution in [0.3, 0.4) is 0 Å². The Kier molecular flexibility index (Phi) is 23.3. The van der Waals surface area contributed by atoms with E-state index in [-0.39, 0.29) is 0 Å². The normalized spacial score (nSPS) is 9.17. The zero-order valence-corrected chi connectivity index (χ0v) is 21.7. The molecule has 0 heterocycles. The van der Waals surface area contributed by atoms with Gasteiger partial charge in [-0.25, -0.2) is 0 Å². The average Bonchev–Trinajstić information content (AvgIpc) is 2.60. The van der Waals surface area contributed by atoms with Crippen molar-refractivity contribution in [1.29, 1.82) is 0 Å². The van der Waals surface area contributed by atoms with Gasteiger partial charge in [0.2, 0.25) is 0 Å². The summed E-state index contributed by atoms with van der Waals surface area (Å²) >= 11 is 9.44. The first-order valence-corrected chi connectivity index (χ1v) is 16.3. The van der Waals surface area contributed by atoms with Gasteiger partial charge in [-0.05, 0) is 28.2 Å². The van der Waals surface area contributed by atoms with E-state index in [4.69, 9.17) is 0 Å². The van der Waals surface area contributed by atoms with E-state index in [9.17, 15) is 0 Å². The van der Waals surface area contributed by atoms with Crippen LogP contribution in [0.1, 0.15) is 11.1 Å². The first kappa shape index (κ1) is 27.4. The summed E-state index contributed by atoms with van der Waals surface area (Å²) < 4.78 is 0. The second-order valence-corrected chi connectivity index (χ2v) is 5.25. The maximum absolute atomic E-state index is 3.16. The van der Waals surface area contributed by atoms with Gasteiger partial charge in [0.25, 0.3) is 0 Å². The van der Waals surface area contributed by atoms with Crippen LogP contribution in [0.4, 0.5) is 0 Å². The zero-order chi connectivity index (χ0) is 18.8. The predicted molar refractivity (Wildman–Crippen MR) is 113 cm³/mol. The predicted octanol–water partition coefficient (Wildman–Crippen LogP) is 4.86. The van der Waals surface area contributed by atoms with E-state index in [1.54, 1.807) is 0 Å². The SMILES string of the molecule is CN(C)Cc1[c-]cccc1.CN(C)Cc1[c-]cccc1.[Pd+][I].[Pd+][I]. The molecule has 140 valence electrons. The molecule has 0 N–H and O–H groups in total. The molecule has 0 atom stereocenters. The Labute approximate surface area is 190 Å². The number of halogens is 2. The van der Waals surface area contributed by atoms with Gasteiger partial charge in [0.05, 0.1) is 0 Å². The fourth-order valence-electron chi connectivity index (χ4n) is 1.74. The molecule has 2 nitrogen and oxygen atoms in total. The average molecular weight is 735 g/mol. The molecule has 2 rings (SSSR count). The fourth-order valence-corrected chi connectivity index (χ4v) is 1.74. The second-order valence-electron chi connectivity index (χ2n) is 5.25. The van der Waals surface area contributed by atoms with Crippen molar-refractivity contribution in [2.45, 2.75) is 13.1 Å². The summed E-state index contributed by atoms with van der Waals surface area (Å²) in [5.41, 5.74) is 2.49. The number of benzene rings is 2. The monoisotopic (exact) mass is 734 g/mol. The van der Waals surface area contributed by atoms with Crippen LogP contribution in [0.25, 0.3) is 0 Å². The summed E-state index contributed by atoms with van der Waals surface area (Å²) in [4.78, 5) is 4.26. The minimum atomic E-state index is 0.973. The van der Waals surface area contributed by atoms with Crippen molar-refractivity contribution < 1.29 is 31.2 Å². The zero-order valence-electron chi connectivity index (χ0n) is 14.3. The van der Waals surface area contributed by atoms with E-state index in [1.165, 1.54) is 11.1 Å². The van der Waals surface area contributed by atoms with Gasteiger partial charge in [-0.2, -0.15) is 60.7 Å². The fraction of sp³-hybridized carbons (Fsp3) is 0.333. The molecule has 0 amide bonds. The molecule has 24 heavy (non-hydrogen) atoms. The number of hydrogen-bond acceptors (Lipinski definition) is 2. The summed E-state index contributed by atoms with van der Waals surface area (Å²) in [6.07, 6.45) is 0. The van der Waals surface area contributed by atoms with E-state index in [1.807, 2.05) is 75.4 Å². The second kappa shape index (κ2) is 20.5. The molecule has 0 aromatic heterocycles. The Morgan fingerprint density at radius 3 is 1.25 bits per heavy atom. The molecule has 0 saturated heterocycles. The summed E-state index contributed by atoms with van der Waals surface area (Å²) in [5, 5.41) is 0. The molecule has 6 heteroatoms. The van der Waals surface area contributed by atoms with Crippen LogP contribution in [-0.4, -0.2) is 38.0 Å². The van der Waals surface area contributed by atoms with Gasteiger partial charge in [0, 0.05) is 13.1 Å². The van der Waals surface area contributed by atoms with Gasteiger partial charge < -0.3 is 9.80 Å². The molecule has 0 spiro atoms. The molecule has 2 aromatic rings. The van der Waals surface area contributed by atoms with Gasteiger partial charge in [0.1, 0.15) is 0 Å². The topological polar surface area (TPSA) is 6.48 Å². The Morgan fingerprint density at radius 1 is 0.708 bits per heavy atom. The van der Waals surface area contributed by atoms with Gasteiger partial charge in [0.15, 0.2) is 0 Å². The number of nitrogens with zero attached hydrogens (tertiary/aromatic N) is 2. The molecule has 0 saturated carbocycles. The van der Waals surface area contributed by atoms with Crippen molar-refractivity contribution in [1.82, 2.24) is 9.80 Å². The molecule has 0 aliphatic heterocycles. The van der Waals surface area contributed by atoms with Crippen molar-refractivity contribution in [2.24, 2.45) is 0 Å². The third kappa shape index (κ3) is 18.0. The molecule has 2 aromatic carbocycles. The molecular formula is C18H24I2N2Pd2. The Bertz CT molecular complexity index is 423. The van der Waals surface area contributed by atoms with Crippen LogP contribution in [0.15, 0.2) is 48.5 Å². The molecule has 0 aliphatic carbocycles. The number of rotatable bonds is 4. The first-order chi connectivity index (χ1) is 11.6. The van der Waals surface area contributed by atoms with Crippen molar-refractivity contribution in [3.63, 3.8) is 0 Å². The minimum absolute atomic E-state index is 0.973. The first-order valence-electron chi connectivity index (χ1n) is 7.02. The maximum atomic E-state index is 3.16. The van der Waals surface area contributed by atoms with E-state index in [0.717, 1.165) is 13.1 Å². The summed E-state index contributed by atoms with van der Waals surface area (Å²) in [6.45, 7) is 1.95. The quantitative estimate of drug-likeness (QED) is 0.252. The van der Waals surface area contributed by atoms with E-state index >= 15 is 0 Å². The van der Waals surface area contributed by atoms with Crippen molar-refractivity contribution in [3.05, 3.63) is 71.8 Å². The van der Waals surface area contributed by atoms with Crippen LogP contribution in [0, 0.1) is 12.1 Å². The van der Waals surface area contributed by atoms with Crippen LogP contribution in [-0.2, 0) is 44.3 Å². The molecule has 0 unspecified atom stereocenters. The van der Waals surface area contributed by atoms with Crippen molar-refractivity contribution in [3.8, 4) is 0 Å². The molecular weight excluding hydrogens is 711 g/mol. The molecule has 0 bridgehead atoms. The summed E-state index contributed by atoms with van der Waals surface area (Å²) in [7, 11) is 8.23. The van der Waals surface area contributed by atoms with E-state index < -0.39 is 0 Å². The molecule has 0 aliphatic rings. The Morgan fingerprint density at radius 2 is 1.04 bits per heavy atom. The van der Waals surface area contributed by atoms with Gasteiger partial charge in [-0.1, -0.05) is 0 Å². The Balaban J connectivity index is 0. The van der Waals surface area contributed by atoms with Gasteiger partial charge >= 0.3 is 70.2 Å². The summed E-state index contributed by atoms with van der Waals surface area (Å²) in [6, 6.07) is 22.4. The third-order valence-corrected chi connectivity index (χ3v) is 2.52. The van der Waals surface area contributed by atoms with Gasteiger partial charge in [-0.15, -0.1) is 11.1 Å². The molecule has 0 fully saturated rings. The Hall–Kier alpha value is 1.14. The third-order valence-electron chi connectivity index (χ3n) is 2.52. The van der Waals surface area contributed by atoms with Crippen LogP contribution in [0.2, 0.25) is 0 Å². The summed E-state index contributed by atoms with van der Waals surface area (Å²) in [5.74, 6) is 0. The molecule has 0 radical (unpaired) electrons.